The first-order valence-electron chi connectivity index (χ1n) is 19.4. The van der Waals surface area contributed by atoms with E-state index in [4.69, 9.17) is 77.6 Å². The zero-order valence-corrected chi connectivity index (χ0v) is 45.8. The molecule has 0 unspecified atom stereocenters. The molecule has 0 radical (unpaired) electrons. The van der Waals surface area contributed by atoms with Crippen LogP contribution < -0.4 is 34.6 Å². The van der Waals surface area contributed by atoms with Crippen LogP contribution in [-0.2, 0) is 48.5 Å². The molecule has 7 rings (SSSR count). The molecule has 0 saturated carbocycles. The largest absolute Gasteiger partial charge is 1.00 e. The van der Waals surface area contributed by atoms with Crippen molar-refractivity contribution in [2.45, 2.75) is 131 Å². The predicted octanol–water partition coefficient (Wildman–Crippen LogP) is 4.90. The monoisotopic (exact) mass is 1060 g/mol. The normalized spacial score (nSPS) is 22.6. The van der Waals surface area contributed by atoms with Crippen molar-refractivity contribution in [3.63, 3.8) is 0 Å². The second kappa shape index (κ2) is 32.5. The summed E-state index contributed by atoms with van der Waals surface area (Å²) in [4.78, 5) is 11.8. The summed E-state index contributed by atoms with van der Waals surface area (Å²) in [5, 5.41) is 27.0. The van der Waals surface area contributed by atoms with Gasteiger partial charge in [-0.2, -0.15) is 11.0 Å². The Bertz CT molecular complexity index is 1960. The standard InChI is InChI=1S/C14H16N2O2S2.C7H12ClNO2.C7H8S.C6H11NO3.C6H11O3.ClH2NO.Na.O3S/c1-9-4-6-10(7-5-9)19-13-15-12(16-20-13)11-8-17-14(2,3)18-11;1-7(2)10-4-5(11-7)6(8)9-3;1-6-2-4-7(8)5-3-6;1-6(2)9-4-5(10-6)3-7-8;1-6(2)8-4-5(3-7)9-6;1-2-3;;1-4(2)3/h4-7,11H,8H2,1-3H3;5H,4H2,1-3H3;2-5,8H,1H3;3,5,8H,4H2,1-2H3;3,5,7H,4H2,1-2H3;2-3H;;/q;;;;-1;;+1;/t11-;5-;;2*5-;;;/m11.00.../s1. The number of hydrogen-bond donors (Lipinski definition) is 5. The number of halogens is 2. The van der Waals surface area contributed by atoms with E-state index in [1.807, 2.05) is 79.7 Å². The fourth-order valence-electron chi connectivity index (χ4n) is 5.06. The van der Waals surface area contributed by atoms with Crippen LogP contribution in [0.25, 0.3) is 0 Å². The van der Waals surface area contributed by atoms with Gasteiger partial charge in [-0.05, 0) is 111 Å². The van der Waals surface area contributed by atoms with Gasteiger partial charge in [-0.1, -0.05) is 63.9 Å². The van der Waals surface area contributed by atoms with Crippen molar-refractivity contribution in [1.82, 2.24) is 14.4 Å². The average molecular weight is 1060 g/mol. The number of nitrogens with zero attached hydrogens (tertiary/aromatic N) is 4. The molecule has 4 atom stereocenters. The third-order valence-corrected chi connectivity index (χ3v) is 10.4. The number of ether oxygens (including phenoxy) is 8. The van der Waals surface area contributed by atoms with Crippen molar-refractivity contribution >= 4 is 81.3 Å². The van der Waals surface area contributed by atoms with Crippen LogP contribution in [0.4, 0.5) is 0 Å². The van der Waals surface area contributed by atoms with Gasteiger partial charge < -0.3 is 53.4 Å². The number of oxime groups is 1. The first-order valence-corrected chi connectivity index (χ1v) is 23.2. The Morgan fingerprint density at radius 3 is 1.70 bits per heavy atom. The van der Waals surface area contributed by atoms with Crippen LogP contribution in [0, 0.1) is 20.5 Å². The molecule has 0 aliphatic carbocycles. The maximum Gasteiger partial charge on any atom is 1.00 e. The van der Waals surface area contributed by atoms with E-state index < -0.39 is 33.8 Å². The SMILES string of the molecule is CC1(C)OC[C@H](C=NO)O1.CC1(C)OC[C@H]([CH-]O)O1.CN=C(Cl)[C@H]1COC(C)(C)O1.Cc1ccc(S)cc1.Cc1ccc(Sc2nc([C@H]3COC(C)(C)O3)ns2)cc1.O=S(=O)=O.ONCl.[Na+]. The molecule has 1 aromatic heterocycles. The quantitative estimate of drug-likeness (QED) is 0.0419. The Kier molecular flexibility index (Phi) is 31.8. The summed E-state index contributed by atoms with van der Waals surface area (Å²) in [7, 11) is -1.48. The maximum atomic E-state index is 8.47. The average Bonchev–Trinajstić information content (AvgIpc) is 4.07. The number of aryl methyl sites for hydroxylation is 2. The maximum absolute atomic E-state index is 8.47. The fraction of sp³-hybridized carbons (Fsp3) is 0.575. The van der Waals surface area contributed by atoms with Crippen molar-refractivity contribution in [2.24, 2.45) is 10.1 Å². The van der Waals surface area contributed by atoms with E-state index >= 15 is 0 Å². The van der Waals surface area contributed by atoms with Gasteiger partial charge in [0, 0.05) is 28.6 Å². The van der Waals surface area contributed by atoms with E-state index in [0.717, 1.165) is 21.7 Å². The van der Waals surface area contributed by atoms with Gasteiger partial charge in [-0.3, -0.25) is 4.99 Å². The van der Waals surface area contributed by atoms with E-state index in [1.54, 1.807) is 18.8 Å². The minimum atomic E-state index is -3.11. The van der Waals surface area contributed by atoms with Crippen molar-refractivity contribution < 1.29 is 95.6 Å². The van der Waals surface area contributed by atoms with Gasteiger partial charge in [-0.15, -0.1) is 30.3 Å². The predicted molar refractivity (Wildman–Crippen MR) is 248 cm³/mol. The summed E-state index contributed by atoms with van der Waals surface area (Å²) in [6, 6.07) is 16.4. The minimum Gasteiger partial charge on any atom is -0.563 e. The number of aliphatic hydroxyl groups excluding tert-OH is 1. The second-order valence-electron chi connectivity index (χ2n) is 15.3. The molecule has 4 aliphatic heterocycles. The Hall–Kier alpha value is -1.40. The van der Waals surface area contributed by atoms with Gasteiger partial charge in [0.15, 0.2) is 33.3 Å². The van der Waals surface area contributed by atoms with Gasteiger partial charge in [0.25, 0.3) is 0 Å². The molecule has 4 N–H and O–H groups in total. The number of aliphatic hydroxyl groups is 1. The molecule has 3 aromatic rings. The van der Waals surface area contributed by atoms with Crippen LogP contribution in [-0.4, -0.2) is 124 Å². The number of aromatic nitrogens is 2. The van der Waals surface area contributed by atoms with E-state index in [1.165, 1.54) is 38.8 Å². The molecule has 0 bridgehead atoms. The molecular weight excluding hydrogens is 997 g/mol. The number of rotatable bonds is 6. The van der Waals surface area contributed by atoms with Gasteiger partial charge in [0.2, 0.25) is 0 Å². The molecular formula is C40H60Cl2N5NaO14S4. The Morgan fingerprint density at radius 1 is 0.848 bits per heavy atom. The number of benzene rings is 2. The Morgan fingerprint density at radius 2 is 1.32 bits per heavy atom. The molecule has 4 aliphatic rings. The summed E-state index contributed by atoms with van der Waals surface area (Å²) in [6.45, 7) is 21.8. The van der Waals surface area contributed by atoms with Crippen LogP contribution in [0.15, 0.2) is 72.8 Å². The van der Waals surface area contributed by atoms with Crippen molar-refractivity contribution in [2.75, 3.05) is 33.5 Å². The Labute approximate surface area is 434 Å². The van der Waals surface area contributed by atoms with Crippen LogP contribution in [0.2, 0.25) is 0 Å². The van der Waals surface area contributed by atoms with Crippen LogP contribution in [0.1, 0.15) is 78.4 Å². The molecule has 5 heterocycles. The molecule has 2 aromatic carbocycles. The summed E-state index contributed by atoms with van der Waals surface area (Å²) in [5.41, 5.74) is 2.54. The molecule has 0 amide bonds. The summed E-state index contributed by atoms with van der Waals surface area (Å²) in [5.74, 6) is -1.40. The minimum absolute atomic E-state index is 0. The first-order chi connectivity index (χ1) is 30.3. The number of thiol groups is 1. The topological polar surface area (TPSA) is 248 Å². The third kappa shape index (κ3) is 28.9. The zero-order chi connectivity index (χ0) is 49.4. The van der Waals surface area contributed by atoms with E-state index in [-0.39, 0.29) is 54.0 Å². The summed E-state index contributed by atoms with van der Waals surface area (Å²) < 4.78 is 73.4. The second-order valence-corrected chi connectivity index (χ2v) is 18.8. The molecule has 19 nitrogen and oxygen atoms in total. The molecule has 368 valence electrons. The fourth-order valence-corrected chi connectivity index (χ4v) is 6.94. The Balaban J connectivity index is 0.000000801. The van der Waals surface area contributed by atoms with Crippen molar-refractivity contribution in [3.05, 3.63) is 72.1 Å². The van der Waals surface area contributed by atoms with Crippen LogP contribution in [0.3, 0.4) is 0 Å². The summed E-state index contributed by atoms with van der Waals surface area (Å²) in [6.07, 6.45) is 0.514. The van der Waals surface area contributed by atoms with Crippen LogP contribution in [0.5, 0.6) is 0 Å². The number of hydrogen-bond acceptors (Lipinski definition) is 22. The van der Waals surface area contributed by atoms with Gasteiger partial charge in [0.05, 0.1) is 32.6 Å². The zero-order valence-electron chi connectivity index (χ0n) is 39.0. The van der Waals surface area contributed by atoms with E-state index in [0.29, 0.717) is 31.6 Å². The van der Waals surface area contributed by atoms with Crippen molar-refractivity contribution in [1.29, 1.82) is 0 Å². The van der Waals surface area contributed by atoms with Crippen molar-refractivity contribution in [3.8, 4) is 0 Å². The van der Waals surface area contributed by atoms with E-state index in [2.05, 4.69) is 82.0 Å². The summed E-state index contributed by atoms with van der Waals surface area (Å²) >= 11 is 17.2. The van der Waals surface area contributed by atoms with Crippen LogP contribution >= 0.6 is 59.3 Å². The molecule has 4 fully saturated rings. The number of aliphatic imine (C=N–C) groups is 1. The van der Waals surface area contributed by atoms with Gasteiger partial charge in [0.1, 0.15) is 23.5 Å². The first kappa shape index (κ1) is 64.6. The number of nitrogens with one attached hydrogen (secondary N) is 1. The molecule has 26 heteroatoms. The third-order valence-electron chi connectivity index (χ3n) is 7.93. The smallest absolute Gasteiger partial charge is 0.563 e. The van der Waals surface area contributed by atoms with Gasteiger partial charge in [-0.25, -0.2) is 4.98 Å². The molecule has 0 spiro atoms. The van der Waals surface area contributed by atoms with Gasteiger partial charge >= 0.3 is 40.2 Å². The molecule has 4 saturated heterocycles. The van der Waals surface area contributed by atoms with E-state index in [9.17, 15) is 0 Å². The molecule has 66 heavy (non-hydrogen) atoms.